The Bertz CT molecular complexity index is 2410. The highest BCUT2D eigenvalue weighted by atomic mass is 19.4. The first kappa shape index (κ1) is 38.2. The zero-order chi connectivity index (χ0) is 40.0. The second-order valence-corrected chi connectivity index (χ2v) is 15.2. The molecule has 2 N–H and O–H groups in total. The first-order valence-electron chi connectivity index (χ1n) is 19.3. The Morgan fingerprint density at radius 2 is 1.77 bits per heavy atom. The van der Waals surface area contributed by atoms with Gasteiger partial charge in [0, 0.05) is 57.3 Å². The van der Waals surface area contributed by atoms with Crippen molar-refractivity contribution in [2.45, 2.75) is 63.2 Å². The number of hydrogen-bond acceptors (Lipinski definition) is 9. The Balaban J connectivity index is 0.890. The van der Waals surface area contributed by atoms with E-state index in [4.69, 9.17) is 9.84 Å². The number of halogens is 3. The van der Waals surface area contributed by atoms with Crippen LogP contribution in [-0.2, 0) is 22.8 Å². The maximum Gasteiger partial charge on any atom is 0.433 e. The number of carbonyl (C=O) groups excluding carboxylic acids is 3. The van der Waals surface area contributed by atoms with E-state index in [1.165, 1.54) is 17.7 Å². The van der Waals surface area contributed by atoms with Crippen LogP contribution in [-0.4, -0.2) is 86.4 Å². The predicted molar refractivity (Wildman–Crippen MR) is 206 cm³/mol. The van der Waals surface area contributed by atoms with Crippen LogP contribution in [0.25, 0.3) is 21.9 Å². The second kappa shape index (κ2) is 15.3. The van der Waals surface area contributed by atoms with Crippen LogP contribution in [0.3, 0.4) is 0 Å². The maximum absolute atomic E-state index is 13.5. The van der Waals surface area contributed by atoms with Gasteiger partial charge >= 0.3 is 11.9 Å². The highest BCUT2D eigenvalue weighted by Crippen LogP contribution is 2.36. The van der Waals surface area contributed by atoms with Gasteiger partial charge in [-0.25, -0.2) is 9.78 Å². The molecule has 0 spiro atoms. The zero-order valence-corrected chi connectivity index (χ0v) is 31.7. The fraction of sp³-hybridized carbons (Fsp3) is 0.450. The molecule has 1 unspecified atom stereocenters. The number of amides is 3. The van der Waals surface area contributed by atoms with Crippen molar-refractivity contribution in [3.8, 4) is 5.75 Å². The van der Waals surface area contributed by atoms with Gasteiger partial charge in [0.2, 0.25) is 11.8 Å². The van der Waals surface area contributed by atoms with Gasteiger partial charge in [-0.3, -0.25) is 33.5 Å². The number of piperidine rings is 1. The van der Waals surface area contributed by atoms with Crippen LogP contribution in [0.1, 0.15) is 73.2 Å². The molecule has 1 atom stereocenters. The molecule has 3 aliphatic rings. The summed E-state index contributed by atoms with van der Waals surface area (Å²) < 4.78 is 50.2. The van der Waals surface area contributed by atoms with Gasteiger partial charge in [-0.2, -0.15) is 18.3 Å². The lowest BCUT2D eigenvalue weighted by Crippen LogP contribution is -2.44. The Morgan fingerprint density at radius 1 is 0.982 bits per heavy atom. The molecule has 3 fully saturated rings. The SMILES string of the molecule is COc1cc2nn([C@H]3CC[C@H](CN4CCCN(c5cccc6c5n(C)c(=O)n6C5CCC(=O)NC5=O)CC4)CC3)cc2cc1NC(=O)c1cccc(C(F)(F)F)n1. The number of anilines is 2. The molecule has 0 radical (unpaired) electrons. The van der Waals surface area contributed by atoms with Crippen LogP contribution >= 0.6 is 0 Å². The number of hydrogen-bond donors (Lipinski definition) is 2. The number of alkyl halides is 3. The van der Waals surface area contributed by atoms with E-state index in [1.54, 1.807) is 23.7 Å². The average molecular weight is 788 g/mol. The molecule has 8 rings (SSSR count). The molecular formula is C40H44F3N9O5. The first-order valence-corrected chi connectivity index (χ1v) is 19.3. The second-order valence-electron chi connectivity index (χ2n) is 15.2. The molecule has 17 heteroatoms. The molecule has 5 aromatic rings. The molecule has 3 aromatic heterocycles. The number of para-hydroxylation sites is 1. The van der Waals surface area contributed by atoms with Crippen molar-refractivity contribution in [1.82, 2.24) is 34.1 Å². The molecule has 300 valence electrons. The summed E-state index contributed by atoms with van der Waals surface area (Å²) in [5.74, 6) is -0.675. The number of aryl methyl sites for hydroxylation is 1. The number of nitrogens with zero attached hydrogens (tertiary/aromatic N) is 7. The smallest absolute Gasteiger partial charge is 0.433 e. The lowest BCUT2D eigenvalue weighted by atomic mass is 9.85. The largest absolute Gasteiger partial charge is 0.494 e. The van der Waals surface area contributed by atoms with E-state index in [2.05, 4.69) is 25.4 Å². The van der Waals surface area contributed by atoms with Gasteiger partial charge in [0.25, 0.3) is 5.91 Å². The van der Waals surface area contributed by atoms with Crippen molar-refractivity contribution in [3.05, 3.63) is 76.6 Å². The van der Waals surface area contributed by atoms with Crippen molar-refractivity contribution in [3.63, 3.8) is 0 Å². The molecule has 1 saturated carbocycles. The van der Waals surface area contributed by atoms with Crippen LogP contribution in [0.4, 0.5) is 24.5 Å². The number of rotatable bonds is 8. The van der Waals surface area contributed by atoms with E-state index in [9.17, 15) is 32.3 Å². The van der Waals surface area contributed by atoms with E-state index in [1.807, 2.05) is 29.1 Å². The van der Waals surface area contributed by atoms with Crippen LogP contribution in [0.2, 0.25) is 0 Å². The van der Waals surface area contributed by atoms with Crippen LogP contribution in [0, 0.1) is 5.92 Å². The summed E-state index contributed by atoms with van der Waals surface area (Å²) in [5.41, 5.74) is 1.65. The van der Waals surface area contributed by atoms with Crippen molar-refractivity contribution >= 4 is 51.0 Å². The molecular weight excluding hydrogens is 743 g/mol. The minimum atomic E-state index is -4.67. The number of benzene rings is 2. The zero-order valence-electron chi connectivity index (χ0n) is 31.7. The third kappa shape index (κ3) is 7.59. The van der Waals surface area contributed by atoms with E-state index in [-0.39, 0.29) is 29.8 Å². The standard InChI is InChI=1S/C40H44F3N9O5/c1-48-36-30(7-4-8-31(36)52(39(48)56)32-14-15-35(53)46-38(32)55)50-17-5-16-49(18-19-50)22-24-10-12-26(13-11-24)51-23-25-20-29(33(57-2)21-28(25)47-51)45-37(54)27-6-3-9-34(44-27)40(41,42)43/h3-4,6-9,20-21,23-24,26,32H,5,10-19,22H2,1-2H3,(H,45,54)(H,46,53,55)/t24-,26-,32?. The fourth-order valence-electron chi connectivity index (χ4n) is 8.68. The molecule has 2 saturated heterocycles. The summed E-state index contributed by atoms with van der Waals surface area (Å²) in [7, 11) is 3.19. The number of pyridine rings is 1. The van der Waals surface area contributed by atoms with Gasteiger partial charge in [-0.15, -0.1) is 0 Å². The molecule has 3 amide bonds. The summed E-state index contributed by atoms with van der Waals surface area (Å²) in [6.45, 7) is 4.49. The number of ether oxygens (including phenoxy) is 1. The van der Waals surface area contributed by atoms with Gasteiger partial charge in [-0.1, -0.05) is 12.1 Å². The van der Waals surface area contributed by atoms with Crippen molar-refractivity contribution in [1.29, 1.82) is 0 Å². The summed E-state index contributed by atoms with van der Waals surface area (Å²) in [6.07, 6.45) is 2.73. The predicted octanol–water partition coefficient (Wildman–Crippen LogP) is 5.29. The molecule has 0 bridgehead atoms. The summed E-state index contributed by atoms with van der Waals surface area (Å²) in [4.78, 5) is 59.3. The van der Waals surface area contributed by atoms with E-state index in [0.717, 1.165) is 93.6 Å². The molecule has 1 aliphatic carbocycles. The minimum Gasteiger partial charge on any atom is -0.494 e. The van der Waals surface area contributed by atoms with E-state index in [0.29, 0.717) is 34.8 Å². The number of imide groups is 1. The van der Waals surface area contributed by atoms with Crippen LogP contribution < -0.4 is 26.0 Å². The monoisotopic (exact) mass is 787 g/mol. The maximum atomic E-state index is 13.5. The van der Waals surface area contributed by atoms with Crippen molar-refractivity contribution < 1.29 is 32.3 Å². The Labute approximate surface area is 325 Å². The number of fused-ring (bicyclic) bond motifs is 2. The van der Waals surface area contributed by atoms with Crippen LogP contribution in [0.5, 0.6) is 5.75 Å². The highest BCUT2D eigenvalue weighted by molar-refractivity contribution is 6.05. The summed E-state index contributed by atoms with van der Waals surface area (Å²) >= 11 is 0. The molecule has 5 heterocycles. The third-order valence-corrected chi connectivity index (χ3v) is 11.6. The lowest BCUT2D eigenvalue weighted by Gasteiger charge is -2.32. The van der Waals surface area contributed by atoms with Gasteiger partial charge in [-0.05, 0) is 81.3 Å². The lowest BCUT2D eigenvalue weighted by molar-refractivity contribution is -0.141. The van der Waals surface area contributed by atoms with Gasteiger partial charge in [0.15, 0.2) is 0 Å². The fourth-order valence-corrected chi connectivity index (χ4v) is 8.68. The van der Waals surface area contributed by atoms with Crippen LogP contribution in [0.15, 0.2) is 59.5 Å². The molecule has 14 nitrogen and oxygen atoms in total. The summed E-state index contributed by atoms with van der Waals surface area (Å²) in [5, 5.41) is 10.6. The highest BCUT2D eigenvalue weighted by Gasteiger charge is 2.34. The molecule has 57 heavy (non-hydrogen) atoms. The van der Waals surface area contributed by atoms with Gasteiger partial charge in [0.1, 0.15) is 23.2 Å². The quantitative estimate of drug-likeness (QED) is 0.200. The normalized spacial score (nSPS) is 21.1. The van der Waals surface area contributed by atoms with Crippen molar-refractivity contribution in [2.75, 3.05) is 50.1 Å². The van der Waals surface area contributed by atoms with Gasteiger partial charge < -0.3 is 19.9 Å². The Morgan fingerprint density at radius 3 is 2.53 bits per heavy atom. The Kier molecular flexibility index (Phi) is 10.3. The first-order chi connectivity index (χ1) is 27.4. The topological polar surface area (TPSA) is 149 Å². The molecule has 2 aliphatic heterocycles. The number of carbonyl (C=O) groups is 3. The Hall–Kier alpha value is -5.71. The summed E-state index contributed by atoms with van der Waals surface area (Å²) in [6, 6.07) is 11.9. The van der Waals surface area contributed by atoms with Gasteiger partial charge in [0.05, 0.1) is 41.1 Å². The number of nitrogens with one attached hydrogen (secondary N) is 2. The van der Waals surface area contributed by atoms with Crippen molar-refractivity contribution in [2.24, 2.45) is 13.0 Å². The minimum absolute atomic E-state index is 0.194. The number of aromatic nitrogens is 5. The van der Waals surface area contributed by atoms with E-state index >= 15 is 0 Å². The average Bonchev–Trinajstić information content (AvgIpc) is 3.62. The van der Waals surface area contributed by atoms with E-state index < -0.39 is 29.7 Å². The number of imidazole rings is 1. The number of methoxy groups -OCH3 is 1. The third-order valence-electron chi connectivity index (χ3n) is 11.6. The molecule has 2 aromatic carbocycles.